The summed E-state index contributed by atoms with van der Waals surface area (Å²) in [6.07, 6.45) is 0. The lowest BCUT2D eigenvalue weighted by atomic mass is 10.0. The number of nitrogens with one attached hydrogen (secondary N) is 1. The Labute approximate surface area is 128 Å². The smallest absolute Gasteiger partial charge is 0.251 e. The van der Waals surface area contributed by atoms with Crippen LogP contribution in [-0.4, -0.2) is 5.91 Å². The van der Waals surface area contributed by atoms with Gasteiger partial charge in [0.2, 0.25) is 0 Å². The largest absolute Gasteiger partial charge is 0.344 e. The Hall–Kier alpha value is -1.32. The summed E-state index contributed by atoms with van der Waals surface area (Å²) in [5.74, 6) is 0.706. The van der Waals surface area contributed by atoms with Crippen molar-refractivity contribution < 1.29 is 4.79 Å². The van der Waals surface area contributed by atoms with E-state index < -0.39 is 0 Å². The van der Waals surface area contributed by atoms with Crippen molar-refractivity contribution in [2.24, 2.45) is 5.92 Å². The molecule has 1 amide bonds. The van der Waals surface area contributed by atoms with Gasteiger partial charge in [0.25, 0.3) is 5.91 Å². The molecule has 1 heterocycles. The fraction of sp³-hybridized carbons (Fsp3) is 0.312. The van der Waals surface area contributed by atoms with Gasteiger partial charge in [0.05, 0.1) is 6.04 Å². The van der Waals surface area contributed by atoms with Crippen molar-refractivity contribution in [1.29, 1.82) is 0 Å². The molecule has 0 fully saturated rings. The number of halogens is 1. The highest BCUT2D eigenvalue weighted by Crippen LogP contribution is 2.26. The molecule has 0 spiro atoms. The van der Waals surface area contributed by atoms with Crippen LogP contribution >= 0.6 is 22.9 Å². The highest BCUT2D eigenvalue weighted by Gasteiger charge is 2.20. The first kappa shape index (κ1) is 15.1. The average Bonchev–Trinajstić information content (AvgIpc) is 2.98. The lowest BCUT2D eigenvalue weighted by Gasteiger charge is -2.21. The quantitative estimate of drug-likeness (QED) is 0.803. The van der Waals surface area contributed by atoms with E-state index in [1.165, 1.54) is 4.88 Å². The van der Waals surface area contributed by atoms with Crippen LogP contribution in [0.1, 0.15) is 40.7 Å². The van der Waals surface area contributed by atoms with E-state index in [-0.39, 0.29) is 11.9 Å². The SMILES string of the molecule is CC(C)C(NC(=O)c1cccc(CCl)c1)c1cccs1. The van der Waals surface area contributed by atoms with Crippen LogP contribution in [0.4, 0.5) is 0 Å². The number of carbonyl (C=O) groups excluding carboxylic acids is 1. The van der Waals surface area contributed by atoms with Crippen molar-refractivity contribution in [3.05, 3.63) is 57.8 Å². The molecule has 20 heavy (non-hydrogen) atoms. The van der Waals surface area contributed by atoms with Crippen molar-refractivity contribution >= 4 is 28.8 Å². The maximum absolute atomic E-state index is 12.4. The van der Waals surface area contributed by atoms with E-state index in [2.05, 4.69) is 25.2 Å². The highest BCUT2D eigenvalue weighted by molar-refractivity contribution is 7.10. The highest BCUT2D eigenvalue weighted by atomic mass is 35.5. The third-order valence-electron chi connectivity index (χ3n) is 3.15. The fourth-order valence-corrected chi connectivity index (χ4v) is 3.17. The van der Waals surface area contributed by atoms with Gasteiger partial charge in [0.15, 0.2) is 0 Å². The molecule has 2 nitrogen and oxygen atoms in total. The first-order valence-corrected chi connectivity index (χ1v) is 8.02. The Kier molecular flexibility index (Phi) is 5.21. The maximum Gasteiger partial charge on any atom is 0.251 e. The molecule has 2 aromatic rings. The second-order valence-corrected chi connectivity index (χ2v) is 6.29. The molecule has 106 valence electrons. The summed E-state index contributed by atoms with van der Waals surface area (Å²) in [6.45, 7) is 4.22. The van der Waals surface area contributed by atoms with Gasteiger partial charge in [-0.05, 0) is 35.1 Å². The van der Waals surface area contributed by atoms with E-state index in [0.717, 1.165) is 5.56 Å². The van der Waals surface area contributed by atoms with Crippen LogP contribution in [0.15, 0.2) is 41.8 Å². The summed E-state index contributed by atoms with van der Waals surface area (Å²) < 4.78 is 0. The summed E-state index contributed by atoms with van der Waals surface area (Å²) in [7, 11) is 0. The van der Waals surface area contributed by atoms with Gasteiger partial charge in [-0.15, -0.1) is 22.9 Å². The van der Waals surface area contributed by atoms with E-state index >= 15 is 0 Å². The standard InChI is InChI=1S/C16H18ClNOS/c1-11(2)15(14-7-4-8-20-14)18-16(19)13-6-3-5-12(9-13)10-17/h3-9,11,15H,10H2,1-2H3,(H,18,19). The van der Waals surface area contributed by atoms with Crippen molar-refractivity contribution in [3.63, 3.8) is 0 Å². The van der Waals surface area contributed by atoms with Crippen LogP contribution in [0.2, 0.25) is 0 Å². The molecule has 2 rings (SSSR count). The summed E-state index contributed by atoms with van der Waals surface area (Å²) in [5, 5.41) is 5.15. The zero-order valence-electron chi connectivity index (χ0n) is 11.6. The van der Waals surface area contributed by atoms with Gasteiger partial charge in [-0.25, -0.2) is 0 Å². The molecule has 1 aromatic heterocycles. The number of hydrogen-bond acceptors (Lipinski definition) is 2. The van der Waals surface area contributed by atoms with Crippen LogP contribution in [0.25, 0.3) is 0 Å². The third kappa shape index (κ3) is 3.62. The molecule has 1 atom stereocenters. The zero-order valence-corrected chi connectivity index (χ0v) is 13.2. The van der Waals surface area contributed by atoms with Crippen LogP contribution in [-0.2, 0) is 5.88 Å². The lowest BCUT2D eigenvalue weighted by Crippen LogP contribution is -2.31. The number of benzene rings is 1. The predicted molar refractivity (Wildman–Crippen MR) is 85.4 cm³/mol. The molecule has 0 saturated heterocycles. The predicted octanol–water partition coefficient (Wildman–Crippen LogP) is 4.61. The van der Waals surface area contributed by atoms with Crippen LogP contribution < -0.4 is 5.32 Å². The van der Waals surface area contributed by atoms with Gasteiger partial charge in [-0.2, -0.15) is 0 Å². The Morgan fingerprint density at radius 1 is 1.30 bits per heavy atom. The molecule has 4 heteroatoms. The Morgan fingerprint density at radius 3 is 2.70 bits per heavy atom. The van der Waals surface area contributed by atoms with E-state index in [4.69, 9.17) is 11.6 Å². The molecule has 0 bridgehead atoms. The van der Waals surface area contributed by atoms with Crippen molar-refractivity contribution in [1.82, 2.24) is 5.32 Å². The molecule has 1 unspecified atom stereocenters. The summed E-state index contributed by atoms with van der Waals surface area (Å²) in [6, 6.07) is 11.6. The molecule has 0 aliphatic carbocycles. The number of amides is 1. The van der Waals surface area contributed by atoms with Gasteiger partial charge in [0, 0.05) is 16.3 Å². The minimum absolute atomic E-state index is 0.0437. The van der Waals surface area contributed by atoms with Gasteiger partial charge in [-0.1, -0.05) is 32.0 Å². The summed E-state index contributed by atoms with van der Waals surface area (Å²) >= 11 is 7.48. The Balaban J connectivity index is 2.16. The molecular weight excluding hydrogens is 290 g/mol. The van der Waals surface area contributed by atoms with Gasteiger partial charge >= 0.3 is 0 Å². The fourth-order valence-electron chi connectivity index (χ4n) is 2.05. The molecule has 0 aliphatic heterocycles. The second kappa shape index (κ2) is 6.91. The Morgan fingerprint density at radius 2 is 2.10 bits per heavy atom. The minimum atomic E-state index is -0.0518. The molecule has 0 aliphatic rings. The van der Waals surface area contributed by atoms with E-state index in [1.54, 1.807) is 11.3 Å². The first-order valence-electron chi connectivity index (χ1n) is 6.61. The molecular formula is C16H18ClNOS. The monoisotopic (exact) mass is 307 g/mol. The number of rotatable bonds is 5. The van der Waals surface area contributed by atoms with E-state index in [9.17, 15) is 4.79 Å². The second-order valence-electron chi connectivity index (χ2n) is 5.04. The first-order chi connectivity index (χ1) is 9.61. The molecule has 0 radical (unpaired) electrons. The van der Waals surface area contributed by atoms with Gasteiger partial charge in [0.1, 0.15) is 0 Å². The van der Waals surface area contributed by atoms with Crippen molar-refractivity contribution in [3.8, 4) is 0 Å². The topological polar surface area (TPSA) is 29.1 Å². The maximum atomic E-state index is 12.4. The number of carbonyl (C=O) groups is 1. The van der Waals surface area contributed by atoms with Crippen molar-refractivity contribution in [2.75, 3.05) is 0 Å². The number of alkyl halides is 1. The van der Waals surface area contributed by atoms with Gasteiger partial charge in [-0.3, -0.25) is 4.79 Å². The average molecular weight is 308 g/mol. The normalized spacial score (nSPS) is 12.4. The zero-order chi connectivity index (χ0) is 14.5. The Bertz CT molecular complexity index is 566. The molecule has 1 aromatic carbocycles. The molecule has 1 N–H and O–H groups in total. The third-order valence-corrected chi connectivity index (χ3v) is 4.41. The van der Waals surface area contributed by atoms with Crippen molar-refractivity contribution in [2.45, 2.75) is 25.8 Å². The molecule has 0 saturated carbocycles. The van der Waals surface area contributed by atoms with E-state index in [0.29, 0.717) is 17.4 Å². The summed E-state index contributed by atoms with van der Waals surface area (Å²) in [5.41, 5.74) is 1.61. The lowest BCUT2D eigenvalue weighted by molar-refractivity contribution is 0.0926. The number of hydrogen-bond donors (Lipinski definition) is 1. The van der Waals surface area contributed by atoms with Crippen LogP contribution in [0.5, 0.6) is 0 Å². The number of thiophene rings is 1. The summed E-state index contributed by atoms with van der Waals surface area (Å²) in [4.78, 5) is 13.6. The van der Waals surface area contributed by atoms with Crippen LogP contribution in [0, 0.1) is 5.92 Å². The van der Waals surface area contributed by atoms with Crippen LogP contribution in [0.3, 0.4) is 0 Å². The minimum Gasteiger partial charge on any atom is -0.344 e. The van der Waals surface area contributed by atoms with E-state index in [1.807, 2.05) is 35.7 Å². The van der Waals surface area contributed by atoms with Gasteiger partial charge < -0.3 is 5.32 Å².